The third-order valence-corrected chi connectivity index (χ3v) is 12.0. The monoisotopic (exact) mass is 847 g/mol. The fourth-order valence-electron chi connectivity index (χ4n) is 7.95. The van der Waals surface area contributed by atoms with Crippen LogP contribution in [0.3, 0.4) is 0 Å². The van der Waals surface area contributed by atoms with E-state index in [1.807, 2.05) is 0 Å². The van der Waals surface area contributed by atoms with Gasteiger partial charge in [0.2, 0.25) is 0 Å². The lowest BCUT2D eigenvalue weighted by atomic mass is 10.0. The SMILES string of the molecule is CCCC/C=C\CCCCCCCC(=O)OCC(COC(=O)CCCCCCCCCCCCCCCCCCCC)OC(=O)CCCCCCCCCCCCCCC. The second-order valence-electron chi connectivity index (χ2n) is 18.2. The maximum absolute atomic E-state index is 12.8. The van der Waals surface area contributed by atoms with Crippen molar-refractivity contribution < 1.29 is 28.6 Å². The van der Waals surface area contributed by atoms with E-state index in [1.54, 1.807) is 0 Å². The molecule has 0 aliphatic heterocycles. The molecular weight excluding hydrogens is 745 g/mol. The number of hydrogen-bond acceptors (Lipinski definition) is 6. The number of rotatable bonds is 49. The maximum Gasteiger partial charge on any atom is 0.306 e. The lowest BCUT2D eigenvalue weighted by molar-refractivity contribution is -0.167. The highest BCUT2D eigenvalue weighted by Gasteiger charge is 2.19. The zero-order valence-corrected chi connectivity index (χ0v) is 40.5. The second kappa shape index (κ2) is 49.8. The van der Waals surface area contributed by atoms with Gasteiger partial charge in [-0.1, -0.05) is 251 Å². The van der Waals surface area contributed by atoms with Crippen molar-refractivity contribution in [3.63, 3.8) is 0 Å². The number of ether oxygens (including phenoxy) is 3. The van der Waals surface area contributed by atoms with Crippen molar-refractivity contribution in [1.29, 1.82) is 0 Å². The molecule has 0 aromatic rings. The molecule has 0 N–H and O–H groups in total. The van der Waals surface area contributed by atoms with E-state index < -0.39 is 6.10 Å². The summed E-state index contributed by atoms with van der Waals surface area (Å²) in [6.07, 6.45) is 54.8. The Morgan fingerprint density at radius 3 is 0.883 bits per heavy atom. The van der Waals surface area contributed by atoms with Crippen LogP contribution in [0.2, 0.25) is 0 Å². The topological polar surface area (TPSA) is 78.9 Å². The van der Waals surface area contributed by atoms with Gasteiger partial charge in [-0.15, -0.1) is 0 Å². The van der Waals surface area contributed by atoms with E-state index in [0.717, 1.165) is 64.2 Å². The first-order valence-electron chi connectivity index (χ1n) is 26.7. The highest BCUT2D eigenvalue weighted by atomic mass is 16.6. The lowest BCUT2D eigenvalue weighted by Gasteiger charge is -2.18. The van der Waals surface area contributed by atoms with Gasteiger partial charge >= 0.3 is 17.9 Å². The predicted molar refractivity (Wildman–Crippen MR) is 256 cm³/mol. The summed E-state index contributed by atoms with van der Waals surface area (Å²) in [5.41, 5.74) is 0. The molecule has 0 amide bonds. The molecule has 0 saturated carbocycles. The third-order valence-electron chi connectivity index (χ3n) is 12.0. The molecule has 0 heterocycles. The van der Waals surface area contributed by atoms with Crippen LogP contribution in [-0.4, -0.2) is 37.2 Å². The lowest BCUT2D eigenvalue weighted by Crippen LogP contribution is -2.30. The Hall–Kier alpha value is -1.85. The number of carbonyl (C=O) groups is 3. The van der Waals surface area contributed by atoms with Crippen molar-refractivity contribution in [3.05, 3.63) is 12.2 Å². The van der Waals surface area contributed by atoms with Crippen molar-refractivity contribution in [2.24, 2.45) is 0 Å². The largest absolute Gasteiger partial charge is 0.462 e. The van der Waals surface area contributed by atoms with Gasteiger partial charge in [-0.25, -0.2) is 0 Å². The molecule has 0 saturated heterocycles. The van der Waals surface area contributed by atoms with Crippen LogP contribution < -0.4 is 0 Å². The van der Waals surface area contributed by atoms with E-state index in [0.29, 0.717) is 19.3 Å². The minimum Gasteiger partial charge on any atom is -0.462 e. The summed E-state index contributed by atoms with van der Waals surface area (Å²) in [7, 11) is 0. The van der Waals surface area contributed by atoms with Gasteiger partial charge in [-0.3, -0.25) is 14.4 Å². The summed E-state index contributed by atoms with van der Waals surface area (Å²) < 4.78 is 16.8. The van der Waals surface area contributed by atoms with E-state index in [1.165, 1.54) is 193 Å². The smallest absolute Gasteiger partial charge is 0.306 e. The summed E-state index contributed by atoms with van der Waals surface area (Å²) >= 11 is 0. The van der Waals surface area contributed by atoms with Crippen LogP contribution in [0.15, 0.2) is 12.2 Å². The molecule has 0 radical (unpaired) electrons. The average Bonchev–Trinajstić information content (AvgIpc) is 3.24. The fourth-order valence-corrected chi connectivity index (χ4v) is 7.95. The summed E-state index contributed by atoms with van der Waals surface area (Å²) in [5.74, 6) is -0.859. The van der Waals surface area contributed by atoms with Crippen molar-refractivity contribution >= 4 is 17.9 Å². The summed E-state index contributed by atoms with van der Waals surface area (Å²) in [5, 5.41) is 0. The normalized spacial score (nSPS) is 12.0. The molecule has 1 atom stereocenters. The van der Waals surface area contributed by atoms with Crippen molar-refractivity contribution in [1.82, 2.24) is 0 Å². The molecule has 1 unspecified atom stereocenters. The minimum absolute atomic E-state index is 0.0671. The van der Waals surface area contributed by atoms with Gasteiger partial charge in [0, 0.05) is 19.3 Å². The molecular formula is C54H102O6. The molecule has 0 bridgehead atoms. The maximum atomic E-state index is 12.8. The molecule has 0 aliphatic carbocycles. The molecule has 0 fully saturated rings. The number of carbonyl (C=O) groups excluding carboxylic acids is 3. The first kappa shape index (κ1) is 58.1. The Morgan fingerprint density at radius 2 is 0.567 bits per heavy atom. The molecule has 60 heavy (non-hydrogen) atoms. The first-order chi connectivity index (χ1) is 29.5. The standard InChI is InChI=1S/C54H102O6/c1-4-7-10-13-16-19-22-24-25-26-27-28-30-32-35-38-41-44-47-53(56)59-50-51(49-58-52(55)46-43-40-37-34-31-21-18-15-12-9-6-3)60-54(57)48-45-42-39-36-33-29-23-20-17-14-11-8-5-2/h15,18,51H,4-14,16-17,19-50H2,1-3H3/b18-15-. The Bertz CT molecular complexity index is 931. The third kappa shape index (κ3) is 47.2. The van der Waals surface area contributed by atoms with Crippen LogP contribution in [0.1, 0.15) is 297 Å². The average molecular weight is 847 g/mol. The molecule has 0 rings (SSSR count). The van der Waals surface area contributed by atoms with E-state index >= 15 is 0 Å². The highest BCUT2D eigenvalue weighted by Crippen LogP contribution is 2.17. The summed E-state index contributed by atoms with van der Waals surface area (Å²) in [6.45, 7) is 6.63. The molecule has 354 valence electrons. The van der Waals surface area contributed by atoms with Crippen LogP contribution in [-0.2, 0) is 28.6 Å². The molecule has 0 aliphatic rings. The van der Waals surface area contributed by atoms with Crippen molar-refractivity contribution in [2.75, 3.05) is 13.2 Å². The Kier molecular flexibility index (Phi) is 48.3. The van der Waals surface area contributed by atoms with Crippen molar-refractivity contribution in [3.8, 4) is 0 Å². The summed E-state index contributed by atoms with van der Waals surface area (Å²) in [6, 6.07) is 0. The van der Waals surface area contributed by atoms with E-state index in [9.17, 15) is 14.4 Å². The van der Waals surface area contributed by atoms with Crippen LogP contribution in [0.25, 0.3) is 0 Å². The van der Waals surface area contributed by atoms with Gasteiger partial charge in [0.15, 0.2) is 6.10 Å². The highest BCUT2D eigenvalue weighted by molar-refractivity contribution is 5.71. The minimum atomic E-state index is -0.766. The van der Waals surface area contributed by atoms with Gasteiger partial charge < -0.3 is 14.2 Å². The van der Waals surface area contributed by atoms with Crippen LogP contribution in [0.5, 0.6) is 0 Å². The predicted octanol–water partition coefficient (Wildman–Crippen LogP) is 17.4. The molecule has 6 heteroatoms. The Morgan fingerprint density at radius 1 is 0.317 bits per heavy atom. The first-order valence-corrected chi connectivity index (χ1v) is 26.7. The van der Waals surface area contributed by atoms with Gasteiger partial charge in [-0.2, -0.15) is 0 Å². The van der Waals surface area contributed by atoms with Crippen LogP contribution in [0.4, 0.5) is 0 Å². The van der Waals surface area contributed by atoms with Gasteiger partial charge in [0.1, 0.15) is 13.2 Å². The Labute approximate surface area is 373 Å². The van der Waals surface area contributed by atoms with Crippen LogP contribution >= 0.6 is 0 Å². The van der Waals surface area contributed by atoms with Crippen LogP contribution in [0, 0.1) is 0 Å². The number of unbranched alkanes of at least 4 members (excludes halogenated alkanes) is 36. The second-order valence-corrected chi connectivity index (χ2v) is 18.2. The van der Waals surface area contributed by atoms with Gasteiger partial charge in [0.25, 0.3) is 0 Å². The van der Waals surface area contributed by atoms with Gasteiger partial charge in [-0.05, 0) is 38.5 Å². The summed E-state index contributed by atoms with van der Waals surface area (Å²) in [4.78, 5) is 37.9. The number of esters is 3. The van der Waals surface area contributed by atoms with Crippen molar-refractivity contribution in [2.45, 2.75) is 303 Å². The quantitative estimate of drug-likeness (QED) is 0.0263. The number of allylic oxidation sites excluding steroid dienone is 2. The molecule has 6 nitrogen and oxygen atoms in total. The van der Waals surface area contributed by atoms with E-state index in [4.69, 9.17) is 14.2 Å². The van der Waals surface area contributed by atoms with Gasteiger partial charge in [0.05, 0.1) is 0 Å². The zero-order valence-electron chi connectivity index (χ0n) is 40.5. The molecule has 0 aromatic heterocycles. The zero-order chi connectivity index (χ0) is 43.7. The van der Waals surface area contributed by atoms with E-state index in [2.05, 4.69) is 32.9 Å². The Balaban J connectivity index is 4.27. The molecule has 0 aromatic carbocycles. The molecule has 0 spiro atoms. The fraction of sp³-hybridized carbons (Fsp3) is 0.907. The van der Waals surface area contributed by atoms with E-state index in [-0.39, 0.29) is 31.1 Å². The number of hydrogen-bond donors (Lipinski definition) is 0.